The Morgan fingerprint density at radius 2 is 1.95 bits per heavy atom. The molecule has 2 N–H and O–H groups in total. The molecule has 2 rings (SSSR count). The molecule has 0 aliphatic rings. The lowest BCUT2D eigenvalue weighted by molar-refractivity contribution is 0.0703. The Bertz CT molecular complexity index is 694. The summed E-state index contributed by atoms with van der Waals surface area (Å²) in [6.45, 7) is 3.60. The van der Waals surface area contributed by atoms with E-state index in [-0.39, 0.29) is 10.8 Å². The third-order valence-corrected chi connectivity index (χ3v) is 4.43. The van der Waals surface area contributed by atoms with Gasteiger partial charge in [0.2, 0.25) is 0 Å². The van der Waals surface area contributed by atoms with Crippen LogP contribution in [-0.4, -0.2) is 17.0 Å². The number of hydrogen-bond donors (Lipinski definition) is 2. The Morgan fingerprint density at radius 1 is 1.25 bits per heavy atom. The van der Waals surface area contributed by atoms with E-state index in [9.17, 15) is 9.59 Å². The number of carbonyl (C=O) groups is 2. The molecule has 0 spiro atoms. The van der Waals surface area contributed by atoms with Crippen LogP contribution in [0.2, 0.25) is 0 Å². The van der Waals surface area contributed by atoms with E-state index in [1.165, 1.54) is 0 Å². The largest absolute Gasteiger partial charge is 0.477 e. The van der Waals surface area contributed by atoms with E-state index in [1.807, 2.05) is 19.1 Å². The summed E-state index contributed by atoms with van der Waals surface area (Å²) in [5.41, 5.74) is 2.46. The van der Waals surface area contributed by atoms with Gasteiger partial charge in [-0.3, -0.25) is 4.79 Å². The Kier molecular flexibility index (Phi) is 4.25. The third-order valence-electron chi connectivity index (χ3n) is 2.85. The fraction of sp³-hybridized carbons (Fsp3) is 0.143. The number of carbonyl (C=O) groups excluding carboxylic acids is 1. The summed E-state index contributed by atoms with van der Waals surface area (Å²) in [7, 11) is 0. The van der Waals surface area contributed by atoms with Gasteiger partial charge in [-0.15, -0.1) is 11.3 Å². The predicted octanol–water partition coefficient (Wildman–Crippen LogP) is 4.08. The average molecular weight is 354 g/mol. The van der Waals surface area contributed by atoms with Crippen molar-refractivity contribution in [2.75, 3.05) is 5.32 Å². The van der Waals surface area contributed by atoms with Crippen molar-refractivity contribution in [1.29, 1.82) is 0 Å². The van der Waals surface area contributed by atoms with Crippen LogP contribution in [0.15, 0.2) is 28.1 Å². The lowest BCUT2D eigenvalue weighted by atomic mass is 10.1. The molecule has 4 nitrogen and oxygen atoms in total. The molecule has 2 aromatic rings. The van der Waals surface area contributed by atoms with Gasteiger partial charge in [0.25, 0.3) is 5.91 Å². The summed E-state index contributed by atoms with van der Waals surface area (Å²) in [5.74, 6) is -1.35. The first-order valence-corrected chi connectivity index (χ1v) is 7.46. The van der Waals surface area contributed by atoms with Crippen molar-refractivity contribution in [2.24, 2.45) is 0 Å². The van der Waals surface area contributed by atoms with Crippen LogP contribution >= 0.6 is 27.3 Å². The number of carboxylic acids is 1. The maximum Gasteiger partial charge on any atom is 0.348 e. The molecule has 1 amide bonds. The van der Waals surface area contributed by atoms with Crippen molar-refractivity contribution in [2.45, 2.75) is 13.8 Å². The average Bonchev–Trinajstić information content (AvgIpc) is 2.74. The summed E-state index contributed by atoms with van der Waals surface area (Å²) < 4.78 is 0.800. The minimum absolute atomic E-state index is 0.142. The Labute approximate surface area is 128 Å². The molecule has 0 saturated carbocycles. The highest BCUT2D eigenvalue weighted by atomic mass is 79.9. The standard InChI is InChI=1S/C14H12BrNO3S/c1-7-3-4-9(15)5-10(7)13(17)16-11-8(2)6-20-12(11)14(18)19/h3-6H,1-2H3,(H,16,17)(H,18,19). The van der Waals surface area contributed by atoms with Gasteiger partial charge in [-0.25, -0.2) is 4.79 Å². The first kappa shape index (κ1) is 14.7. The van der Waals surface area contributed by atoms with E-state index in [0.29, 0.717) is 11.3 Å². The summed E-state index contributed by atoms with van der Waals surface area (Å²) in [5, 5.41) is 13.5. The molecule has 0 aliphatic heterocycles. The summed E-state index contributed by atoms with van der Waals surface area (Å²) in [6, 6.07) is 5.40. The number of thiophene rings is 1. The van der Waals surface area contributed by atoms with Crippen molar-refractivity contribution in [3.05, 3.63) is 49.6 Å². The van der Waals surface area contributed by atoms with Gasteiger partial charge in [0.15, 0.2) is 0 Å². The van der Waals surface area contributed by atoms with Crippen molar-refractivity contribution < 1.29 is 14.7 Å². The lowest BCUT2D eigenvalue weighted by Crippen LogP contribution is -2.15. The van der Waals surface area contributed by atoms with Crippen LogP contribution in [-0.2, 0) is 0 Å². The van der Waals surface area contributed by atoms with Gasteiger partial charge in [0.1, 0.15) is 4.88 Å². The third kappa shape index (κ3) is 2.91. The number of halogens is 1. The van der Waals surface area contributed by atoms with Crippen LogP contribution in [0.1, 0.15) is 31.2 Å². The van der Waals surface area contributed by atoms with E-state index < -0.39 is 5.97 Å². The molecule has 0 unspecified atom stereocenters. The monoisotopic (exact) mass is 353 g/mol. The zero-order chi connectivity index (χ0) is 14.9. The second-order valence-electron chi connectivity index (χ2n) is 4.34. The molecule has 0 saturated heterocycles. The van der Waals surface area contributed by atoms with Gasteiger partial charge < -0.3 is 10.4 Å². The molecular weight excluding hydrogens is 342 g/mol. The number of aryl methyl sites for hydroxylation is 2. The molecular formula is C14H12BrNO3S. The van der Waals surface area contributed by atoms with Crippen LogP contribution in [0.25, 0.3) is 0 Å². The molecule has 0 bridgehead atoms. The van der Waals surface area contributed by atoms with Crippen LogP contribution in [0.3, 0.4) is 0 Å². The van der Waals surface area contributed by atoms with E-state index in [4.69, 9.17) is 5.11 Å². The fourth-order valence-corrected chi connectivity index (χ4v) is 2.98. The highest BCUT2D eigenvalue weighted by Crippen LogP contribution is 2.28. The fourth-order valence-electron chi connectivity index (χ4n) is 1.78. The molecule has 0 fully saturated rings. The number of hydrogen-bond acceptors (Lipinski definition) is 3. The van der Waals surface area contributed by atoms with E-state index in [1.54, 1.807) is 18.4 Å². The minimum Gasteiger partial charge on any atom is -0.477 e. The quantitative estimate of drug-likeness (QED) is 0.873. The second kappa shape index (κ2) is 5.76. The van der Waals surface area contributed by atoms with Gasteiger partial charge in [0.05, 0.1) is 5.69 Å². The van der Waals surface area contributed by atoms with E-state index >= 15 is 0 Å². The van der Waals surface area contributed by atoms with Crippen molar-refractivity contribution in [3.8, 4) is 0 Å². The molecule has 1 heterocycles. The highest BCUT2D eigenvalue weighted by molar-refractivity contribution is 9.10. The van der Waals surface area contributed by atoms with E-state index in [0.717, 1.165) is 26.9 Å². The number of aromatic carboxylic acids is 1. The van der Waals surface area contributed by atoms with Gasteiger partial charge in [-0.2, -0.15) is 0 Å². The number of benzene rings is 1. The van der Waals surface area contributed by atoms with Gasteiger partial charge in [0, 0.05) is 10.0 Å². The first-order chi connectivity index (χ1) is 9.40. The maximum absolute atomic E-state index is 12.3. The molecule has 104 valence electrons. The lowest BCUT2D eigenvalue weighted by Gasteiger charge is -2.09. The smallest absolute Gasteiger partial charge is 0.348 e. The van der Waals surface area contributed by atoms with Crippen LogP contribution in [0.5, 0.6) is 0 Å². The number of anilines is 1. The summed E-state index contributed by atoms with van der Waals surface area (Å²) in [6.07, 6.45) is 0. The molecule has 20 heavy (non-hydrogen) atoms. The zero-order valence-corrected chi connectivity index (χ0v) is 13.3. The van der Waals surface area contributed by atoms with Crippen LogP contribution < -0.4 is 5.32 Å². The second-order valence-corrected chi connectivity index (χ2v) is 6.14. The van der Waals surface area contributed by atoms with Gasteiger partial charge >= 0.3 is 5.97 Å². The molecule has 0 aliphatic carbocycles. The predicted molar refractivity (Wildman–Crippen MR) is 82.8 cm³/mol. The number of amides is 1. The number of rotatable bonds is 3. The van der Waals surface area contributed by atoms with Gasteiger partial charge in [-0.05, 0) is 42.5 Å². The molecule has 6 heteroatoms. The number of carboxylic acid groups (broad SMARTS) is 1. The van der Waals surface area contributed by atoms with Crippen molar-refractivity contribution >= 4 is 44.8 Å². The zero-order valence-electron chi connectivity index (χ0n) is 10.9. The minimum atomic E-state index is -1.04. The first-order valence-electron chi connectivity index (χ1n) is 5.79. The molecule has 0 atom stereocenters. The molecule has 0 radical (unpaired) electrons. The van der Waals surface area contributed by atoms with E-state index in [2.05, 4.69) is 21.2 Å². The topological polar surface area (TPSA) is 66.4 Å². The van der Waals surface area contributed by atoms with Crippen LogP contribution in [0.4, 0.5) is 5.69 Å². The Morgan fingerprint density at radius 3 is 2.60 bits per heavy atom. The Hall–Kier alpha value is -1.66. The molecule has 1 aromatic heterocycles. The van der Waals surface area contributed by atoms with Gasteiger partial charge in [-0.1, -0.05) is 22.0 Å². The number of nitrogens with one attached hydrogen (secondary N) is 1. The normalized spacial score (nSPS) is 10.3. The Balaban J connectivity index is 2.35. The van der Waals surface area contributed by atoms with Crippen molar-refractivity contribution in [1.82, 2.24) is 0 Å². The van der Waals surface area contributed by atoms with Crippen molar-refractivity contribution in [3.63, 3.8) is 0 Å². The summed E-state index contributed by atoms with van der Waals surface area (Å²) in [4.78, 5) is 23.6. The van der Waals surface area contributed by atoms with Crippen LogP contribution in [0, 0.1) is 13.8 Å². The highest BCUT2D eigenvalue weighted by Gasteiger charge is 2.18. The summed E-state index contributed by atoms with van der Waals surface area (Å²) >= 11 is 4.43. The maximum atomic E-state index is 12.3. The molecule has 1 aromatic carbocycles. The SMILES string of the molecule is Cc1ccc(Br)cc1C(=O)Nc1c(C)csc1C(=O)O.